The van der Waals surface area contributed by atoms with Crippen LogP contribution in [0.4, 0.5) is 0 Å². The number of aryl methyl sites for hydroxylation is 2. The van der Waals surface area contributed by atoms with E-state index < -0.39 is 0 Å². The maximum atomic E-state index is 13.0. The minimum absolute atomic E-state index is 0.231. The first kappa shape index (κ1) is 17.6. The molecule has 7 heteroatoms. The Morgan fingerprint density at radius 3 is 2.44 bits per heavy atom. The number of rotatable bonds is 4. The van der Waals surface area contributed by atoms with E-state index in [4.69, 9.17) is 32.1 Å². The Morgan fingerprint density at radius 2 is 1.84 bits per heavy atom. The first-order valence-electron chi connectivity index (χ1n) is 7.59. The number of nitrogens with zero attached hydrogens (tertiary/aromatic N) is 2. The molecule has 0 bridgehead atoms. The molecular weight excluding hydrogens is 363 g/mol. The zero-order chi connectivity index (χ0) is 18.1. The molecule has 0 unspecified atom stereocenters. The standard InChI is InChI=1S/C18H16Cl2N2O3/c1-10-12(7-8-24-10)9-22(3)18(23)15-11(2)25-21-17(15)16-13(19)5-4-6-14(16)20/h4-8H,9H2,1-3H3. The van der Waals surface area contributed by atoms with Gasteiger partial charge in [0.15, 0.2) is 0 Å². The van der Waals surface area contributed by atoms with Crippen LogP contribution in [0.3, 0.4) is 0 Å². The Bertz CT molecular complexity index is 910. The number of carbonyl (C=O) groups excluding carboxylic acids is 1. The average molecular weight is 379 g/mol. The molecule has 3 aromatic rings. The van der Waals surface area contributed by atoms with E-state index in [2.05, 4.69) is 5.16 Å². The molecule has 0 aliphatic carbocycles. The summed E-state index contributed by atoms with van der Waals surface area (Å²) in [6.45, 7) is 3.94. The molecule has 1 amide bonds. The molecule has 3 rings (SSSR count). The third-order valence-electron chi connectivity index (χ3n) is 4.00. The van der Waals surface area contributed by atoms with E-state index in [0.29, 0.717) is 39.2 Å². The van der Waals surface area contributed by atoms with Crippen molar-refractivity contribution in [3.8, 4) is 11.3 Å². The van der Waals surface area contributed by atoms with E-state index in [-0.39, 0.29) is 5.91 Å². The number of halogens is 2. The average Bonchev–Trinajstić information content (AvgIpc) is 3.13. The molecule has 2 aromatic heterocycles. The van der Waals surface area contributed by atoms with Gasteiger partial charge in [0.05, 0.1) is 16.3 Å². The van der Waals surface area contributed by atoms with Crippen molar-refractivity contribution in [3.05, 3.63) is 63.2 Å². The van der Waals surface area contributed by atoms with E-state index in [1.807, 2.05) is 13.0 Å². The summed E-state index contributed by atoms with van der Waals surface area (Å²) in [5, 5.41) is 4.83. The van der Waals surface area contributed by atoms with Gasteiger partial charge in [0, 0.05) is 24.7 Å². The number of benzene rings is 1. The van der Waals surface area contributed by atoms with Crippen LogP contribution in [0, 0.1) is 13.8 Å². The molecule has 25 heavy (non-hydrogen) atoms. The molecule has 0 radical (unpaired) electrons. The summed E-state index contributed by atoms with van der Waals surface area (Å²) in [5.41, 5.74) is 2.11. The highest BCUT2D eigenvalue weighted by Crippen LogP contribution is 2.37. The molecule has 2 heterocycles. The van der Waals surface area contributed by atoms with Gasteiger partial charge in [-0.3, -0.25) is 4.79 Å². The van der Waals surface area contributed by atoms with Gasteiger partial charge < -0.3 is 13.8 Å². The highest BCUT2D eigenvalue weighted by atomic mass is 35.5. The normalized spacial score (nSPS) is 10.9. The predicted octanol–water partition coefficient (Wildman–Crippen LogP) is 5.13. The van der Waals surface area contributed by atoms with Crippen LogP contribution in [0.1, 0.15) is 27.4 Å². The predicted molar refractivity (Wildman–Crippen MR) is 95.9 cm³/mol. The van der Waals surface area contributed by atoms with Gasteiger partial charge in [0.1, 0.15) is 22.8 Å². The van der Waals surface area contributed by atoms with Gasteiger partial charge in [0.25, 0.3) is 5.91 Å². The highest BCUT2D eigenvalue weighted by Gasteiger charge is 2.27. The summed E-state index contributed by atoms with van der Waals surface area (Å²) in [5.74, 6) is 0.952. The first-order chi connectivity index (χ1) is 11.9. The second-order valence-electron chi connectivity index (χ2n) is 5.72. The van der Waals surface area contributed by atoms with Gasteiger partial charge in [-0.1, -0.05) is 34.4 Å². The summed E-state index contributed by atoms with van der Waals surface area (Å²) in [4.78, 5) is 14.6. The van der Waals surface area contributed by atoms with Crippen LogP contribution in [0.2, 0.25) is 10.0 Å². The zero-order valence-electron chi connectivity index (χ0n) is 14.0. The van der Waals surface area contributed by atoms with Crippen molar-refractivity contribution in [2.75, 3.05) is 7.05 Å². The summed E-state index contributed by atoms with van der Waals surface area (Å²) in [6, 6.07) is 6.96. The smallest absolute Gasteiger partial charge is 0.259 e. The summed E-state index contributed by atoms with van der Waals surface area (Å²) < 4.78 is 10.5. The minimum atomic E-state index is -0.231. The van der Waals surface area contributed by atoms with Gasteiger partial charge >= 0.3 is 0 Å². The highest BCUT2D eigenvalue weighted by molar-refractivity contribution is 6.39. The Morgan fingerprint density at radius 1 is 1.16 bits per heavy atom. The third-order valence-corrected chi connectivity index (χ3v) is 4.63. The summed E-state index contributed by atoms with van der Waals surface area (Å²) in [6.07, 6.45) is 1.60. The number of aromatic nitrogens is 1. The third kappa shape index (κ3) is 3.30. The van der Waals surface area contributed by atoms with E-state index in [1.165, 1.54) is 0 Å². The lowest BCUT2D eigenvalue weighted by atomic mass is 10.0. The Balaban J connectivity index is 1.99. The van der Waals surface area contributed by atoms with Crippen LogP contribution in [-0.2, 0) is 6.54 Å². The van der Waals surface area contributed by atoms with Gasteiger partial charge in [-0.25, -0.2) is 0 Å². The largest absolute Gasteiger partial charge is 0.469 e. The van der Waals surface area contributed by atoms with Crippen molar-refractivity contribution < 1.29 is 13.7 Å². The molecule has 0 saturated heterocycles. The van der Waals surface area contributed by atoms with Crippen molar-refractivity contribution in [2.45, 2.75) is 20.4 Å². The fraction of sp³-hybridized carbons (Fsp3) is 0.222. The molecule has 0 aliphatic rings. The molecule has 0 spiro atoms. The number of furan rings is 1. The van der Waals surface area contributed by atoms with Crippen molar-refractivity contribution in [2.24, 2.45) is 0 Å². The minimum Gasteiger partial charge on any atom is -0.469 e. The fourth-order valence-corrected chi connectivity index (χ4v) is 3.19. The van der Waals surface area contributed by atoms with Crippen molar-refractivity contribution >= 4 is 29.1 Å². The fourth-order valence-electron chi connectivity index (χ4n) is 2.61. The van der Waals surface area contributed by atoms with E-state index >= 15 is 0 Å². The van der Waals surface area contributed by atoms with Gasteiger partial charge in [-0.15, -0.1) is 0 Å². The molecular formula is C18H16Cl2N2O3. The van der Waals surface area contributed by atoms with Crippen LogP contribution < -0.4 is 0 Å². The molecule has 0 atom stereocenters. The lowest BCUT2D eigenvalue weighted by molar-refractivity contribution is 0.0783. The molecule has 0 saturated carbocycles. The summed E-state index contributed by atoms with van der Waals surface area (Å²) >= 11 is 12.5. The van der Waals surface area contributed by atoms with Gasteiger partial charge in [-0.05, 0) is 32.0 Å². The topological polar surface area (TPSA) is 59.5 Å². The quantitative estimate of drug-likeness (QED) is 0.631. The van der Waals surface area contributed by atoms with Crippen LogP contribution in [0.5, 0.6) is 0 Å². The monoisotopic (exact) mass is 378 g/mol. The maximum Gasteiger partial charge on any atom is 0.259 e. The van der Waals surface area contributed by atoms with E-state index in [9.17, 15) is 4.79 Å². The maximum absolute atomic E-state index is 13.0. The number of amides is 1. The Hall–Kier alpha value is -2.24. The molecule has 0 N–H and O–H groups in total. The van der Waals surface area contributed by atoms with Crippen LogP contribution in [0.15, 0.2) is 39.5 Å². The van der Waals surface area contributed by atoms with Crippen molar-refractivity contribution in [1.29, 1.82) is 0 Å². The van der Waals surface area contributed by atoms with Crippen LogP contribution in [0.25, 0.3) is 11.3 Å². The van der Waals surface area contributed by atoms with Crippen LogP contribution in [-0.4, -0.2) is 23.0 Å². The Kier molecular flexibility index (Phi) is 4.88. The molecule has 0 fully saturated rings. The van der Waals surface area contributed by atoms with Crippen LogP contribution >= 0.6 is 23.2 Å². The molecule has 130 valence electrons. The van der Waals surface area contributed by atoms with Gasteiger partial charge in [0.2, 0.25) is 0 Å². The molecule has 1 aromatic carbocycles. The van der Waals surface area contributed by atoms with Crippen molar-refractivity contribution in [1.82, 2.24) is 10.1 Å². The van der Waals surface area contributed by atoms with Crippen molar-refractivity contribution in [3.63, 3.8) is 0 Å². The second-order valence-corrected chi connectivity index (χ2v) is 6.54. The molecule has 5 nitrogen and oxygen atoms in total. The van der Waals surface area contributed by atoms with E-state index in [1.54, 1.807) is 43.3 Å². The lowest BCUT2D eigenvalue weighted by Crippen LogP contribution is -2.27. The van der Waals surface area contributed by atoms with E-state index in [0.717, 1.165) is 11.3 Å². The molecule has 0 aliphatic heterocycles. The SMILES string of the molecule is Cc1occc1CN(C)C(=O)c1c(-c2c(Cl)cccc2Cl)noc1C. The lowest BCUT2D eigenvalue weighted by Gasteiger charge is -2.17. The Labute approximate surface area is 155 Å². The number of hydrogen-bond donors (Lipinski definition) is 0. The number of carbonyl (C=O) groups is 1. The number of hydrogen-bond acceptors (Lipinski definition) is 4. The van der Waals surface area contributed by atoms with Gasteiger partial charge in [-0.2, -0.15) is 0 Å². The second kappa shape index (κ2) is 6.94. The zero-order valence-corrected chi connectivity index (χ0v) is 15.5. The summed E-state index contributed by atoms with van der Waals surface area (Å²) in [7, 11) is 1.71. The first-order valence-corrected chi connectivity index (χ1v) is 8.34.